The van der Waals surface area contributed by atoms with Gasteiger partial charge in [-0.1, -0.05) is 0 Å². The van der Waals surface area contributed by atoms with Gasteiger partial charge >= 0.3 is 0 Å². The molecule has 0 aromatic carbocycles. The van der Waals surface area contributed by atoms with Crippen molar-refractivity contribution in [1.82, 2.24) is 20.5 Å². The Kier molecular flexibility index (Phi) is 2.77. The molecule has 1 amide bonds. The van der Waals surface area contributed by atoms with Crippen LogP contribution in [0.2, 0.25) is 0 Å². The van der Waals surface area contributed by atoms with Gasteiger partial charge in [0.15, 0.2) is 0 Å². The van der Waals surface area contributed by atoms with Crippen LogP contribution in [-0.4, -0.2) is 21.1 Å². The second-order valence-corrected chi connectivity index (χ2v) is 4.09. The zero-order chi connectivity index (χ0) is 10.7. The van der Waals surface area contributed by atoms with Crippen LogP contribution in [0.15, 0.2) is 17.8 Å². The van der Waals surface area contributed by atoms with Crippen LogP contribution < -0.4 is 5.32 Å². The van der Waals surface area contributed by atoms with E-state index < -0.39 is 0 Å². The summed E-state index contributed by atoms with van der Waals surface area (Å²) in [5, 5.41) is 12.0. The number of aromatic amines is 1. The van der Waals surface area contributed by atoms with Crippen LogP contribution in [-0.2, 0) is 6.54 Å². The number of nitrogens with one attached hydrogen (secondary N) is 2. The lowest BCUT2D eigenvalue weighted by molar-refractivity contribution is 0.0950. The van der Waals surface area contributed by atoms with E-state index in [9.17, 15) is 4.79 Å². The molecule has 2 aromatic rings. The van der Waals surface area contributed by atoms with E-state index in [1.165, 1.54) is 6.20 Å². The van der Waals surface area contributed by atoms with Crippen molar-refractivity contribution in [2.75, 3.05) is 0 Å². The molecule has 0 unspecified atom stereocenters. The van der Waals surface area contributed by atoms with E-state index in [-0.39, 0.29) is 5.91 Å². The first kappa shape index (κ1) is 9.85. The van der Waals surface area contributed by atoms with Gasteiger partial charge in [-0.25, -0.2) is 4.98 Å². The maximum absolute atomic E-state index is 11.5. The highest BCUT2D eigenvalue weighted by Gasteiger charge is 2.06. The Labute approximate surface area is 90.6 Å². The summed E-state index contributed by atoms with van der Waals surface area (Å²) in [7, 11) is 0. The maximum atomic E-state index is 11.5. The number of thiazole rings is 1. The van der Waals surface area contributed by atoms with Gasteiger partial charge in [0.05, 0.1) is 29.0 Å². The van der Waals surface area contributed by atoms with Gasteiger partial charge in [-0.15, -0.1) is 11.3 Å². The fourth-order valence-electron chi connectivity index (χ4n) is 1.14. The molecule has 0 aliphatic carbocycles. The molecule has 0 aliphatic heterocycles. The van der Waals surface area contributed by atoms with E-state index >= 15 is 0 Å². The number of nitrogens with zero attached hydrogens (tertiary/aromatic N) is 2. The molecule has 0 saturated carbocycles. The Balaban J connectivity index is 1.91. The molecule has 0 fully saturated rings. The van der Waals surface area contributed by atoms with E-state index in [1.54, 1.807) is 17.5 Å². The number of hydrogen-bond donors (Lipinski definition) is 2. The molecule has 0 radical (unpaired) electrons. The summed E-state index contributed by atoms with van der Waals surface area (Å²) < 4.78 is 0. The molecule has 15 heavy (non-hydrogen) atoms. The van der Waals surface area contributed by atoms with Crippen molar-refractivity contribution in [1.29, 1.82) is 0 Å². The van der Waals surface area contributed by atoms with Crippen molar-refractivity contribution in [2.24, 2.45) is 0 Å². The minimum atomic E-state index is -0.144. The quantitative estimate of drug-likeness (QED) is 0.817. The van der Waals surface area contributed by atoms with Crippen molar-refractivity contribution in [3.05, 3.63) is 34.0 Å². The lowest BCUT2D eigenvalue weighted by atomic mass is 10.3. The van der Waals surface area contributed by atoms with Crippen molar-refractivity contribution < 1.29 is 4.79 Å². The standard InChI is InChI=1S/C9H10N4OS/c1-6-13-8(5-15-6)4-10-9(14)7-2-11-12-3-7/h2-3,5H,4H2,1H3,(H,10,14)(H,11,12). The molecule has 0 saturated heterocycles. The molecule has 2 heterocycles. The van der Waals surface area contributed by atoms with E-state index in [0.29, 0.717) is 12.1 Å². The zero-order valence-corrected chi connectivity index (χ0v) is 8.97. The van der Waals surface area contributed by atoms with Gasteiger partial charge in [0, 0.05) is 11.6 Å². The van der Waals surface area contributed by atoms with Gasteiger partial charge in [-0.05, 0) is 6.92 Å². The van der Waals surface area contributed by atoms with Crippen LogP contribution in [0, 0.1) is 6.92 Å². The summed E-state index contributed by atoms with van der Waals surface area (Å²) in [6.45, 7) is 2.39. The highest BCUT2D eigenvalue weighted by Crippen LogP contribution is 2.07. The minimum absolute atomic E-state index is 0.144. The second kappa shape index (κ2) is 4.22. The lowest BCUT2D eigenvalue weighted by Gasteiger charge is -1.99. The van der Waals surface area contributed by atoms with Crippen molar-refractivity contribution >= 4 is 17.2 Å². The van der Waals surface area contributed by atoms with Gasteiger partial charge in [0.2, 0.25) is 0 Å². The zero-order valence-electron chi connectivity index (χ0n) is 8.15. The number of carbonyl (C=O) groups excluding carboxylic acids is 1. The van der Waals surface area contributed by atoms with Crippen molar-refractivity contribution in [2.45, 2.75) is 13.5 Å². The predicted octanol–water partition coefficient (Wildman–Crippen LogP) is 1.10. The van der Waals surface area contributed by atoms with Gasteiger partial charge in [-0.3, -0.25) is 9.89 Å². The van der Waals surface area contributed by atoms with Crippen LogP contribution in [0.1, 0.15) is 21.1 Å². The third kappa shape index (κ3) is 2.41. The van der Waals surface area contributed by atoms with Crippen LogP contribution in [0.5, 0.6) is 0 Å². The van der Waals surface area contributed by atoms with Crippen LogP contribution in [0.3, 0.4) is 0 Å². The number of hydrogen-bond acceptors (Lipinski definition) is 4. The summed E-state index contributed by atoms with van der Waals surface area (Å²) in [5.41, 5.74) is 1.41. The Hall–Kier alpha value is -1.69. The molecule has 0 bridgehead atoms. The molecule has 0 aliphatic rings. The maximum Gasteiger partial charge on any atom is 0.254 e. The molecule has 2 rings (SSSR count). The van der Waals surface area contributed by atoms with E-state index in [1.807, 2.05) is 12.3 Å². The van der Waals surface area contributed by atoms with E-state index in [2.05, 4.69) is 20.5 Å². The van der Waals surface area contributed by atoms with Gasteiger partial charge in [0.25, 0.3) is 5.91 Å². The monoisotopic (exact) mass is 222 g/mol. The van der Waals surface area contributed by atoms with Gasteiger partial charge in [0.1, 0.15) is 0 Å². The fourth-order valence-corrected chi connectivity index (χ4v) is 1.75. The fraction of sp³-hybridized carbons (Fsp3) is 0.222. The molecule has 2 N–H and O–H groups in total. The number of aryl methyl sites for hydroxylation is 1. The molecular formula is C9H10N4OS. The first-order valence-electron chi connectivity index (χ1n) is 4.43. The normalized spacial score (nSPS) is 10.2. The molecule has 0 spiro atoms. The topological polar surface area (TPSA) is 70.7 Å². The van der Waals surface area contributed by atoms with Gasteiger partial charge < -0.3 is 5.32 Å². The Morgan fingerprint density at radius 1 is 1.67 bits per heavy atom. The third-order valence-corrected chi connectivity index (χ3v) is 2.68. The van der Waals surface area contributed by atoms with Crippen LogP contribution >= 0.6 is 11.3 Å². The molecule has 0 atom stereocenters. The first-order chi connectivity index (χ1) is 7.25. The van der Waals surface area contributed by atoms with Gasteiger partial charge in [-0.2, -0.15) is 5.10 Å². The van der Waals surface area contributed by atoms with E-state index in [0.717, 1.165) is 10.7 Å². The summed E-state index contributed by atoms with van der Waals surface area (Å²) in [5.74, 6) is -0.144. The summed E-state index contributed by atoms with van der Waals surface area (Å²) >= 11 is 1.57. The Morgan fingerprint density at radius 3 is 3.13 bits per heavy atom. The summed E-state index contributed by atoms with van der Waals surface area (Å²) in [6.07, 6.45) is 3.04. The minimum Gasteiger partial charge on any atom is -0.346 e. The molecule has 5 nitrogen and oxygen atoms in total. The molecule has 6 heteroatoms. The average molecular weight is 222 g/mol. The largest absolute Gasteiger partial charge is 0.346 e. The number of H-pyrrole nitrogens is 1. The lowest BCUT2D eigenvalue weighted by Crippen LogP contribution is -2.22. The SMILES string of the molecule is Cc1nc(CNC(=O)c2cn[nH]c2)cs1. The summed E-state index contributed by atoms with van der Waals surface area (Å²) in [4.78, 5) is 15.7. The number of aromatic nitrogens is 3. The average Bonchev–Trinajstić information content (AvgIpc) is 2.84. The molecule has 2 aromatic heterocycles. The first-order valence-corrected chi connectivity index (χ1v) is 5.31. The van der Waals surface area contributed by atoms with Crippen LogP contribution in [0.4, 0.5) is 0 Å². The number of rotatable bonds is 3. The smallest absolute Gasteiger partial charge is 0.254 e. The highest BCUT2D eigenvalue weighted by molar-refractivity contribution is 7.09. The van der Waals surface area contributed by atoms with E-state index in [4.69, 9.17) is 0 Å². The second-order valence-electron chi connectivity index (χ2n) is 3.03. The van der Waals surface area contributed by atoms with Crippen molar-refractivity contribution in [3.63, 3.8) is 0 Å². The van der Waals surface area contributed by atoms with Crippen LogP contribution in [0.25, 0.3) is 0 Å². The summed E-state index contributed by atoms with van der Waals surface area (Å²) in [6, 6.07) is 0. The third-order valence-electron chi connectivity index (χ3n) is 1.86. The number of amides is 1. The Bertz CT molecular complexity index is 448. The number of carbonyl (C=O) groups is 1. The van der Waals surface area contributed by atoms with Crippen molar-refractivity contribution in [3.8, 4) is 0 Å². The molecular weight excluding hydrogens is 212 g/mol. The predicted molar refractivity (Wildman–Crippen MR) is 56.6 cm³/mol. The molecule has 78 valence electrons. The highest BCUT2D eigenvalue weighted by atomic mass is 32.1. The Morgan fingerprint density at radius 2 is 2.53 bits per heavy atom.